The molecule has 0 fully saturated rings. The molecule has 2 aromatic carbocycles. The van der Waals surface area contributed by atoms with Crippen molar-refractivity contribution < 1.29 is 14.3 Å². The number of carbonyl (C=O) groups excluding carboxylic acids is 2. The molecule has 21 heavy (non-hydrogen) atoms. The van der Waals surface area contributed by atoms with Crippen LogP contribution in [0.5, 0.6) is 5.75 Å². The van der Waals surface area contributed by atoms with Gasteiger partial charge in [0.1, 0.15) is 5.75 Å². The van der Waals surface area contributed by atoms with Crippen molar-refractivity contribution in [3.63, 3.8) is 0 Å². The summed E-state index contributed by atoms with van der Waals surface area (Å²) in [4.78, 5) is 23.4. The topological polar surface area (TPSA) is 43.4 Å². The van der Waals surface area contributed by atoms with Gasteiger partial charge in [-0.3, -0.25) is 9.59 Å². The Bertz CT molecular complexity index is 645. The summed E-state index contributed by atoms with van der Waals surface area (Å²) in [6, 6.07) is 17.2. The lowest BCUT2D eigenvalue weighted by Gasteiger charge is -2.25. The number of ketones is 2. The molecule has 0 saturated carbocycles. The van der Waals surface area contributed by atoms with Crippen LogP contribution < -0.4 is 4.74 Å². The number of hydrogen-bond donors (Lipinski definition) is 0. The van der Waals surface area contributed by atoms with Crippen LogP contribution in [0.3, 0.4) is 0 Å². The molecule has 2 rings (SSSR count). The molecular weight excluding hydrogens is 264 g/mol. The largest absolute Gasteiger partial charge is 0.472 e. The van der Waals surface area contributed by atoms with E-state index in [4.69, 9.17) is 4.74 Å². The van der Waals surface area contributed by atoms with Crippen LogP contribution in [0.15, 0.2) is 54.6 Å². The van der Waals surface area contributed by atoms with Gasteiger partial charge >= 0.3 is 0 Å². The fraction of sp³-hybridized carbons (Fsp3) is 0.222. The van der Waals surface area contributed by atoms with Crippen molar-refractivity contribution in [1.29, 1.82) is 0 Å². The molecule has 108 valence electrons. The van der Waals surface area contributed by atoms with E-state index in [-0.39, 0.29) is 11.6 Å². The van der Waals surface area contributed by atoms with E-state index in [1.165, 1.54) is 20.8 Å². The van der Waals surface area contributed by atoms with Gasteiger partial charge in [0.25, 0.3) is 0 Å². The molecule has 0 spiro atoms. The van der Waals surface area contributed by atoms with Crippen LogP contribution in [-0.4, -0.2) is 17.2 Å². The van der Waals surface area contributed by atoms with E-state index in [2.05, 4.69) is 0 Å². The number of hydrogen-bond acceptors (Lipinski definition) is 3. The molecule has 0 heterocycles. The molecule has 0 saturated heterocycles. The lowest BCUT2D eigenvalue weighted by molar-refractivity contribution is -0.143. The molecule has 2 aromatic rings. The van der Waals surface area contributed by atoms with Crippen molar-refractivity contribution in [2.45, 2.75) is 26.4 Å². The van der Waals surface area contributed by atoms with Crippen molar-refractivity contribution in [3.05, 3.63) is 54.6 Å². The van der Waals surface area contributed by atoms with Crippen molar-refractivity contribution in [3.8, 4) is 16.9 Å². The quantitative estimate of drug-likeness (QED) is 0.786. The Morgan fingerprint density at radius 3 is 2.00 bits per heavy atom. The summed E-state index contributed by atoms with van der Waals surface area (Å²) in [5, 5.41) is 0. The lowest BCUT2D eigenvalue weighted by Crippen LogP contribution is -2.46. The molecule has 0 amide bonds. The van der Waals surface area contributed by atoms with Gasteiger partial charge in [-0.25, -0.2) is 0 Å². The maximum atomic E-state index is 11.7. The summed E-state index contributed by atoms with van der Waals surface area (Å²) in [6.45, 7) is 4.23. The first-order valence-corrected chi connectivity index (χ1v) is 6.80. The Morgan fingerprint density at radius 1 is 0.857 bits per heavy atom. The van der Waals surface area contributed by atoms with Gasteiger partial charge in [-0.15, -0.1) is 0 Å². The van der Waals surface area contributed by atoms with E-state index in [0.29, 0.717) is 5.75 Å². The molecule has 0 aliphatic rings. The van der Waals surface area contributed by atoms with Crippen molar-refractivity contribution in [2.24, 2.45) is 0 Å². The summed E-state index contributed by atoms with van der Waals surface area (Å²) < 4.78 is 5.69. The zero-order valence-electron chi connectivity index (χ0n) is 12.4. The van der Waals surface area contributed by atoms with E-state index >= 15 is 0 Å². The Balaban J connectivity index is 2.34. The third kappa shape index (κ3) is 3.19. The zero-order valence-corrected chi connectivity index (χ0v) is 12.4. The molecule has 0 radical (unpaired) electrons. The van der Waals surface area contributed by atoms with Crippen molar-refractivity contribution >= 4 is 11.6 Å². The monoisotopic (exact) mass is 282 g/mol. The predicted octanol–water partition coefficient (Wildman–Crippen LogP) is 3.67. The Hall–Kier alpha value is -2.42. The SMILES string of the molecule is CC(=O)C(C)(Oc1cccc(-c2ccccc2)c1)C(C)=O. The number of benzene rings is 2. The molecule has 0 N–H and O–H groups in total. The van der Waals surface area contributed by atoms with E-state index in [1.807, 2.05) is 48.5 Å². The van der Waals surface area contributed by atoms with Crippen LogP contribution in [0.4, 0.5) is 0 Å². The van der Waals surface area contributed by atoms with Crippen LogP contribution in [-0.2, 0) is 9.59 Å². The molecule has 0 aliphatic carbocycles. The van der Waals surface area contributed by atoms with Crippen molar-refractivity contribution in [2.75, 3.05) is 0 Å². The number of Topliss-reactive ketones (excluding diaryl/α,β-unsaturated/α-hetero) is 2. The first-order chi connectivity index (χ1) is 9.93. The summed E-state index contributed by atoms with van der Waals surface area (Å²) >= 11 is 0. The molecule has 0 aliphatic heterocycles. The van der Waals surface area contributed by atoms with Gasteiger partial charge in [0.15, 0.2) is 11.6 Å². The minimum absolute atomic E-state index is 0.305. The maximum Gasteiger partial charge on any atom is 0.221 e. The van der Waals surface area contributed by atoms with Gasteiger partial charge in [0, 0.05) is 0 Å². The average Bonchev–Trinajstić information content (AvgIpc) is 2.48. The average molecular weight is 282 g/mol. The van der Waals surface area contributed by atoms with Gasteiger partial charge in [-0.1, -0.05) is 42.5 Å². The van der Waals surface area contributed by atoms with Crippen LogP contribution in [0.2, 0.25) is 0 Å². The standard InChI is InChI=1S/C18H18O3/c1-13(19)18(3,14(2)20)21-17-11-7-10-16(12-17)15-8-5-4-6-9-15/h4-12H,1-3H3. The third-order valence-corrected chi connectivity index (χ3v) is 3.61. The van der Waals surface area contributed by atoms with Gasteiger partial charge in [-0.2, -0.15) is 0 Å². The highest BCUT2D eigenvalue weighted by molar-refractivity contribution is 6.08. The van der Waals surface area contributed by atoms with Gasteiger partial charge in [0.05, 0.1) is 0 Å². The lowest BCUT2D eigenvalue weighted by atomic mass is 9.97. The Labute approximate surface area is 124 Å². The minimum Gasteiger partial charge on any atom is -0.472 e. The Morgan fingerprint density at radius 2 is 1.43 bits per heavy atom. The van der Waals surface area contributed by atoms with Crippen LogP contribution in [0.25, 0.3) is 11.1 Å². The van der Waals surface area contributed by atoms with E-state index in [1.54, 1.807) is 6.07 Å². The number of ether oxygens (including phenoxy) is 1. The summed E-state index contributed by atoms with van der Waals surface area (Å²) in [6.07, 6.45) is 0. The first-order valence-electron chi connectivity index (χ1n) is 6.80. The second-order valence-electron chi connectivity index (χ2n) is 5.14. The molecule has 0 unspecified atom stereocenters. The zero-order chi connectivity index (χ0) is 15.5. The van der Waals surface area contributed by atoms with Gasteiger partial charge in [0.2, 0.25) is 5.60 Å². The normalized spacial score (nSPS) is 11.0. The molecule has 0 atom stereocenters. The van der Waals surface area contributed by atoms with E-state index in [0.717, 1.165) is 11.1 Å². The molecule has 0 bridgehead atoms. The number of rotatable bonds is 5. The molecule has 3 nitrogen and oxygen atoms in total. The van der Waals surface area contributed by atoms with E-state index < -0.39 is 5.60 Å². The van der Waals surface area contributed by atoms with Crippen molar-refractivity contribution in [1.82, 2.24) is 0 Å². The van der Waals surface area contributed by atoms with E-state index in [9.17, 15) is 9.59 Å². The minimum atomic E-state index is -1.44. The highest BCUT2D eigenvalue weighted by atomic mass is 16.5. The molecule has 0 aromatic heterocycles. The fourth-order valence-electron chi connectivity index (χ4n) is 2.00. The maximum absolute atomic E-state index is 11.7. The second kappa shape index (κ2) is 5.92. The summed E-state index contributed by atoms with van der Waals surface area (Å²) in [5.41, 5.74) is 0.591. The fourth-order valence-corrected chi connectivity index (χ4v) is 2.00. The smallest absolute Gasteiger partial charge is 0.221 e. The highest BCUT2D eigenvalue weighted by Crippen LogP contribution is 2.26. The Kier molecular flexibility index (Phi) is 4.22. The van der Waals surface area contributed by atoms with Crippen LogP contribution >= 0.6 is 0 Å². The van der Waals surface area contributed by atoms with Crippen LogP contribution in [0.1, 0.15) is 20.8 Å². The highest BCUT2D eigenvalue weighted by Gasteiger charge is 2.37. The summed E-state index contributed by atoms with van der Waals surface area (Å²) in [7, 11) is 0. The van der Waals surface area contributed by atoms with Gasteiger partial charge in [-0.05, 0) is 44.0 Å². The predicted molar refractivity (Wildman–Crippen MR) is 82.3 cm³/mol. The van der Waals surface area contributed by atoms with Crippen LogP contribution in [0, 0.1) is 0 Å². The van der Waals surface area contributed by atoms with Gasteiger partial charge < -0.3 is 4.74 Å². The molecule has 3 heteroatoms. The second-order valence-corrected chi connectivity index (χ2v) is 5.14. The molecular formula is C18H18O3. The first kappa shape index (κ1) is 15.0. The number of carbonyl (C=O) groups is 2. The summed E-state index contributed by atoms with van der Waals surface area (Å²) in [5.74, 6) is -0.107. The third-order valence-electron chi connectivity index (χ3n) is 3.61.